The predicted octanol–water partition coefficient (Wildman–Crippen LogP) is 4.36. The van der Waals surface area contributed by atoms with Crippen molar-refractivity contribution in [2.75, 3.05) is 19.5 Å². The van der Waals surface area contributed by atoms with Crippen LogP contribution in [0.4, 0.5) is 0 Å². The van der Waals surface area contributed by atoms with Gasteiger partial charge >= 0.3 is 0 Å². The molecule has 0 bridgehead atoms. The van der Waals surface area contributed by atoms with Crippen LogP contribution in [-0.4, -0.2) is 25.0 Å². The molecular weight excluding hydrogens is 278 g/mol. The predicted molar refractivity (Wildman–Crippen MR) is 85.3 cm³/mol. The van der Waals surface area contributed by atoms with Gasteiger partial charge in [-0.1, -0.05) is 17.7 Å². The van der Waals surface area contributed by atoms with Crippen molar-refractivity contribution >= 4 is 23.4 Å². The van der Waals surface area contributed by atoms with Crippen molar-refractivity contribution in [3.63, 3.8) is 0 Å². The zero-order valence-corrected chi connectivity index (χ0v) is 13.8. The minimum atomic E-state index is 0.0944. The van der Waals surface area contributed by atoms with Crippen LogP contribution in [0.2, 0.25) is 5.02 Å². The molecule has 0 radical (unpaired) electrons. The normalized spacial score (nSPS) is 11.8. The van der Waals surface area contributed by atoms with Crippen LogP contribution in [0.25, 0.3) is 0 Å². The smallest absolute Gasteiger partial charge is 0.0470 e. The monoisotopic (exact) mass is 301 g/mol. The van der Waals surface area contributed by atoms with Crippen molar-refractivity contribution in [2.45, 2.75) is 44.2 Å². The van der Waals surface area contributed by atoms with Crippen LogP contribution < -0.4 is 5.32 Å². The molecule has 0 saturated heterocycles. The summed E-state index contributed by atoms with van der Waals surface area (Å²) in [6.07, 6.45) is 1.06. The molecule has 1 aromatic rings. The number of ether oxygens (including phenoxy) is 1. The Kier molecular flexibility index (Phi) is 7.22. The highest BCUT2D eigenvalue weighted by atomic mass is 35.5. The lowest BCUT2D eigenvalue weighted by Gasteiger charge is -2.22. The van der Waals surface area contributed by atoms with Gasteiger partial charge in [-0.05, 0) is 44.9 Å². The highest BCUT2D eigenvalue weighted by Gasteiger charge is 2.12. The molecule has 0 saturated carbocycles. The van der Waals surface area contributed by atoms with Crippen molar-refractivity contribution in [1.29, 1.82) is 0 Å². The lowest BCUT2D eigenvalue weighted by molar-refractivity contribution is 0.200. The molecule has 0 aliphatic rings. The van der Waals surface area contributed by atoms with E-state index in [9.17, 15) is 0 Å². The van der Waals surface area contributed by atoms with E-state index in [1.54, 1.807) is 7.11 Å². The van der Waals surface area contributed by atoms with E-state index in [-0.39, 0.29) is 5.54 Å². The highest BCUT2D eigenvalue weighted by molar-refractivity contribution is 7.99. The molecule has 2 nitrogen and oxygen atoms in total. The van der Waals surface area contributed by atoms with Gasteiger partial charge in [0.05, 0.1) is 0 Å². The van der Waals surface area contributed by atoms with Gasteiger partial charge in [0.15, 0.2) is 0 Å². The van der Waals surface area contributed by atoms with Gasteiger partial charge < -0.3 is 10.1 Å². The zero-order chi connectivity index (χ0) is 14.3. The van der Waals surface area contributed by atoms with E-state index < -0.39 is 0 Å². The first-order chi connectivity index (χ1) is 8.94. The Balaban J connectivity index is 2.66. The van der Waals surface area contributed by atoms with Gasteiger partial charge in [-0.15, -0.1) is 11.8 Å². The molecule has 0 aliphatic carbocycles. The molecule has 4 heteroatoms. The van der Waals surface area contributed by atoms with E-state index in [1.165, 1.54) is 10.5 Å². The number of hydrogen-bond acceptors (Lipinski definition) is 3. The zero-order valence-electron chi connectivity index (χ0n) is 12.3. The van der Waals surface area contributed by atoms with Crippen LogP contribution in [0.5, 0.6) is 0 Å². The Bertz CT molecular complexity index is 390. The van der Waals surface area contributed by atoms with Crippen LogP contribution in [0.15, 0.2) is 23.1 Å². The van der Waals surface area contributed by atoms with Gasteiger partial charge in [0.25, 0.3) is 0 Å². The number of rotatable bonds is 7. The van der Waals surface area contributed by atoms with E-state index in [0.717, 1.165) is 30.3 Å². The maximum absolute atomic E-state index is 6.32. The molecule has 1 N–H and O–H groups in total. The molecule has 1 aromatic carbocycles. The van der Waals surface area contributed by atoms with Crippen LogP contribution in [0.3, 0.4) is 0 Å². The van der Waals surface area contributed by atoms with E-state index >= 15 is 0 Å². The molecule has 108 valence electrons. The number of thioether (sulfide) groups is 1. The van der Waals surface area contributed by atoms with E-state index in [0.29, 0.717) is 0 Å². The molecule has 0 amide bonds. The van der Waals surface area contributed by atoms with Crippen LogP contribution in [0, 0.1) is 0 Å². The second kappa shape index (κ2) is 8.15. The van der Waals surface area contributed by atoms with Crippen LogP contribution in [-0.2, 0) is 11.3 Å². The van der Waals surface area contributed by atoms with Gasteiger partial charge in [0.1, 0.15) is 0 Å². The Labute approximate surface area is 126 Å². The second-order valence-electron chi connectivity index (χ2n) is 5.51. The first-order valence-corrected chi connectivity index (χ1v) is 7.94. The third-order valence-electron chi connectivity index (χ3n) is 2.62. The molecule has 0 aliphatic heterocycles. The van der Waals surface area contributed by atoms with Gasteiger partial charge in [0.2, 0.25) is 0 Å². The number of nitrogens with one attached hydrogen (secondary N) is 1. The summed E-state index contributed by atoms with van der Waals surface area (Å²) in [6.45, 7) is 8.10. The Morgan fingerprint density at radius 1 is 1.32 bits per heavy atom. The van der Waals surface area contributed by atoms with Crippen molar-refractivity contribution in [3.8, 4) is 0 Å². The summed E-state index contributed by atoms with van der Waals surface area (Å²) >= 11 is 8.17. The fourth-order valence-corrected chi connectivity index (χ4v) is 2.90. The molecule has 1 rings (SSSR count). The summed E-state index contributed by atoms with van der Waals surface area (Å²) in [7, 11) is 1.74. The Morgan fingerprint density at radius 3 is 2.68 bits per heavy atom. The fraction of sp³-hybridized carbons (Fsp3) is 0.600. The maximum Gasteiger partial charge on any atom is 0.0470 e. The summed E-state index contributed by atoms with van der Waals surface area (Å²) in [5, 5.41) is 4.34. The van der Waals surface area contributed by atoms with E-state index in [2.05, 4.69) is 32.2 Å². The molecule has 0 atom stereocenters. The first kappa shape index (κ1) is 16.8. The van der Waals surface area contributed by atoms with Gasteiger partial charge in [-0.2, -0.15) is 0 Å². The fourth-order valence-electron chi connectivity index (χ4n) is 1.58. The topological polar surface area (TPSA) is 21.3 Å². The minimum Gasteiger partial charge on any atom is -0.385 e. The SMILES string of the molecule is COCCCSc1cccc(Cl)c1CNC(C)(C)C. The standard InChI is InChI=1S/C15H24ClNOS/c1-15(2,3)17-11-12-13(16)7-5-8-14(12)19-10-6-9-18-4/h5,7-8,17H,6,9-11H2,1-4H3. The minimum absolute atomic E-state index is 0.0944. The third-order valence-corrected chi connectivity index (χ3v) is 4.16. The highest BCUT2D eigenvalue weighted by Crippen LogP contribution is 2.29. The van der Waals surface area contributed by atoms with E-state index in [4.69, 9.17) is 16.3 Å². The van der Waals surface area contributed by atoms with Crippen molar-refractivity contribution in [1.82, 2.24) is 5.32 Å². The van der Waals surface area contributed by atoms with Gasteiger partial charge in [0, 0.05) is 41.5 Å². The Morgan fingerprint density at radius 2 is 2.05 bits per heavy atom. The summed E-state index contributed by atoms with van der Waals surface area (Å²) in [5.41, 5.74) is 1.29. The number of halogens is 1. The quantitative estimate of drug-likeness (QED) is 0.597. The van der Waals surface area contributed by atoms with Crippen molar-refractivity contribution in [2.24, 2.45) is 0 Å². The lowest BCUT2D eigenvalue weighted by atomic mass is 10.1. The summed E-state index contributed by atoms with van der Waals surface area (Å²) in [4.78, 5) is 1.26. The van der Waals surface area contributed by atoms with Crippen molar-refractivity contribution < 1.29 is 4.74 Å². The molecule has 0 heterocycles. The summed E-state index contributed by atoms with van der Waals surface area (Å²) < 4.78 is 5.07. The second-order valence-corrected chi connectivity index (χ2v) is 7.06. The molecule has 19 heavy (non-hydrogen) atoms. The summed E-state index contributed by atoms with van der Waals surface area (Å²) in [5.74, 6) is 1.05. The number of hydrogen-bond donors (Lipinski definition) is 1. The molecule has 0 fully saturated rings. The van der Waals surface area contributed by atoms with Gasteiger partial charge in [-0.3, -0.25) is 0 Å². The molecular formula is C15H24ClNOS. The summed E-state index contributed by atoms with van der Waals surface area (Å²) in [6, 6.07) is 6.12. The number of methoxy groups -OCH3 is 1. The maximum atomic E-state index is 6.32. The van der Waals surface area contributed by atoms with Crippen LogP contribution >= 0.6 is 23.4 Å². The molecule has 0 aromatic heterocycles. The molecule has 0 unspecified atom stereocenters. The first-order valence-electron chi connectivity index (χ1n) is 6.58. The van der Waals surface area contributed by atoms with Crippen LogP contribution in [0.1, 0.15) is 32.8 Å². The van der Waals surface area contributed by atoms with E-state index in [1.807, 2.05) is 23.9 Å². The molecule has 0 spiro atoms. The average molecular weight is 302 g/mol. The lowest BCUT2D eigenvalue weighted by Crippen LogP contribution is -2.35. The van der Waals surface area contributed by atoms with Gasteiger partial charge in [-0.25, -0.2) is 0 Å². The average Bonchev–Trinajstić information content (AvgIpc) is 2.32. The third kappa shape index (κ3) is 6.66. The van der Waals surface area contributed by atoms with Crippen molar-refractivity contribution in [3.05, 3.63) is 28.8 Å². The largest absolute Gasteiger partial charge is 0.385 e. The number of benzene rings is 1. The Hall–Kier alpha value is -0.220.